The van der Waals surface area contributed by atoms with Gasteiger partial charge in [0.2, 0.25) is 5.91 Å². The lowest BCUT2D eigenvalue weighted by atomic mass is 10.1. The summed E-state index contributed by atoms with van der Waals surface area (Å²) in [6.07, 6.45) is 0.924. The quantitative estimate of drug-likeness (QED) is 0.782. The molecule has 28 heavy (non-hydrogen) atoms. The molecule has 0 atom stereocenters. The van der Waals surface area contributed by atoms with Gasteiger partial charge in [0, 0.05) is 30.8 Å². The second kappa shape index (κ2) is 9.36. The van der Waals surface area contributed by atoms with Crippen LogP contribution in [0.25, 0.3) is 0 Å². The van der Waals surface area contributed by atoms with Crippen LogP contribution in [0.5, 0.6) is 5.75 Å². The van der Waals surface area contributed by atoms with Crippen LogP contribution in [-0.4, -0.2) is 54.8 Å². The van der Waals surface area contributed by atoms with E-state index in [0.717, 1.165) is 17.0 Å². The minimum Gasteiger partial charge on any atom is -0.484 e. The van der Waals surface area contributed by atoms with Crippen molar-refractivity contribution < 1.29 is 23.6 Å². The number of ether oxygens (including phenoxy) is 2. The molecule has 8 nitrogen and oxygen atoms in total. The lowest BCUT2D eigenvalue weighted by Crippen LogP contribution is -2.42. The van der Waals surface area contributed by atoms with Crippen molar-refractivity contribution in [2.75, 3.05) is 38.2 Å². The fraction of sp³-hybridized carbons (Fsp3) is 0.450. The number of hydrogen-bond acceptors (Lipinski definition) is 6. The summed E-state index contributed by atoms with van der Waals surface area (Å²) in [6, 6.07) is 6.97. The summed E-state index contributed by atoms with van der Waals surface area (Å²) >= 11 is 0. The first-order chi connectivity index (χ1) is 13.5. The molecule has 3 rings (SSSR count). The number of amides is 2. The number of aromatic nitrogens is 1. The fourth-order valence-corrected chi connectivity index (χ4v) is 3.00. The summed E-state index contributed by atoms with van der Waals surface area (Å²) in [5.41, 5.74) is 2.47. The smallest absolute Gasteiger partial charge is 0.260 e. The number of carbonyl (C=O) groups excluding carboxylic acids is 2. The van der Waals surface area contributed by atoms with Crippen molar-refractivity contribution in [3.8, 4) is 5.75 Å². The molecular weight excluding hydrogens is 362 g/mol. The molecule has 1 saturated heterocycles. The van der Waals surface area contributed by atoms with Crippen LogP contribution in [0.4, 0.5) is 5.69 Å². The molecule has 0 radical (unpaired) electrons. The van der Waals surface area contributed by atoms with Gasteiger partial charge in [0.05, 0.1) is 18.9 Å². The van der Waals surface area contributed by atoms with E-state index in [4.69, 9.17) is 14.0 Å². The second-order valence-electron chi connectivity index (χ2n) is 6.66. The molecule has 2 aromatic rings. The Labute approximate surface area is 163 Å². The van der Waals surface area contributed by atoms with Crippen molar-refractivity contribution in [2.45, 2.75) is 26.7 Å². The lowest BCUT2D eigenvalue weighted by Gasteiger charge is -2.26. The standard InChI is InChI=1S/C20H25N3O5/c1-14-18(15(2)28-22-14)7-8-19(24)21-16-3-5-17(6-4-16)27-13-20(25)23-9-11-26-12-10-23/h3-6H,7-13H2,1-2H3,(H,21,24). The molecule has 2 amide bonds. The first-order valence-corrected chi connectivity index (χ1v) is 9.33. The molecule has 1 aromatic carbocycles. The minimum atomic E-state index is -0.0869. The van der Waals surface area contributed by atoms with Gasteiger partial charge in [0.25, 0.3) is 5.91 Å². The van der Waals surface area contributed by atoms with Gasteiger partial charge in [0.1, 0.15) is 11.5 Å². The van der Waals surface area contributed by atoms with E-state index in [9.17, 15) is 9.59 Å². The summed E-state index contributed by atoms with van der Waals surface area (Å²) in [5.74, 6) is 1.19. The average Bonchev–Trinajstić information content (AvgIpc) is 3.04. The van der Waals surface area contributed by atoms with Crippen LogP contribution in [0.2, 0.25) is 0 Å². The summed E-state index contributed by atoms with van der Waals surface area (Å²) in [6.45, 7) is 6.03. The Hall–Kier alpha value is -2.87. The highest BCUT2D eigenvalue weighted by Gasteiger charge is 2.17. The minimum absolute atomic E-state index is 0.0108. The van der Waals surface area contributed by atoms with E-state index in [1.807, 2.05) is 13.8 Å². The molecule has 0 unspecified atom stereocenters. The molecule has 1 aliphatic rings. The van der Waals surface area contributed by atoms with Gasteiger partial charge in [-0.3, -0.25) is 9.59 Å². The average molecular weight is 387 g/mol. The molecule has 1 N–H and O–H groups in total. The predicted octanol–water partition coefficient (Wildman–Crippen LogP) is 2.10. The molecule has 0 bridgehead atoms. The van der Waals surface area contributed by atoms with Gasteiger partial charge in [-0.15, -0.1) is 0 Å². The maximum Gasteiger partial charge on any atom is 0.260 e. The molecule has 0 saturated carbocycles. The van der Waals surface area contributed by atoms with Gasteiger partial charge in [0.15, 0.2) is 6.61 Å². The van der Waals surface area contributed by atoms with Crippen LogP contribution >= 0.6 is 0 Å². The number of anilines is 1. The number of hydrogen-bond donors (Lipinski definition) is 1. The van der Waals surface area contributed by atoms with Crippen LogP contribution in [0.1, 0.15) is 23.4 Å². The zero-order valence-corrected chi connectivity index (χ0v) is 16.2. The number of aryl methyl sites for hydroxylation is 2. The number of rotatable bonds is 7. The maximum atomic E-state index is 12.2. The van der Waals surface area contributed by atoms with E-state index in [-0.39, 0.29) is 18.4 Å². The van der Waals surface area contributed by atoms with Gasteiger partial charge in [-0.2, -0.15) is 0 Å². The lowest BCUT2D eigenvalue weighted by molar-refractivity contribution is -0.137. The normalized spacial score (nSPS) is 14.0. The van der Waals surface area contributed by atoms with E-state index in [1.165, 1.54) is 0 Å². The predicted molar refractivity (Wildman–Crippen MR) is 102 cm³/mol. The van der Waals surface area contributed by atoms with Crippen LogP contribution in [-0.2, 0) is 20.7 Å². The van der Waals surface area contributed by atoms with Crippen LogP contribution in [0.3, 0.4) is 0 Å². The topological polar surface area (TPSA) is 93.9 Å². The third-order valence-electron chi connectivity index (χ3n) is 4.65. The number of benzene rings is 1. The Morgan fingerprint density at radius 3 is 2.54 bits per heavy atom. The zero-order valence-electron chi connectivity index (χ0n) is 16.2. The largest absolute Gasteiger partial charge is 0.484 e. The molecule has 1 aliphatic heterocycles. The van der Waals surface area contributed by atoms with Crippen molar-refractivity contribution in [1.82, 2.24) is 10.1 Å². The molecule has 0 aliphatic carbocycles. The Morgan fingerprint density at radius 1 is 1.18 bits per heavy atom. The van der Waals surface area contributed by atoms with Crippen molar-refractivity contribution >= 4 is 17.5 Å². The van der Waals surface area contributed by atoms with Crippen molar-refractivity contribution in [1.29, 1.82) is 0 Å². The van der Waals surface area contributed by atoms with E-state index in [1.54, 1.807) is 29.2 Å². The Bertz CT molecular complexity index is 790. The van der Waals surface area contributed by atoms with E-state index < -0.39 is 0 Å². The molecule has 1 aromatic heterocycles. The van der Waals surface area contributed by atoms with Gasteiger partial charge in [-0.05, 0) is 44.5 Å². The van der Waals surface area contributed by atoms with Gasteiger partial charge in [-0.1, -0.05) is 5.16 Å². The Kier molecular flexibility index (Phi) is 6.65. The van der Waals surface area contributed by atoms with Crippen molar-refractivity contribution in [3.63, 3.8) is 0 Å². The van der Waals surface area contributed by atoms with Gasteiger partial charge in [-0.25, -0.2) is 0 Å². The van der Waals surface area contributed by atoms with E-state index >= 15 is 0 Å². The SMILES string of the molecule is Cc1noc(C)c1CCC(=O)Nc1ccc(OCC(=O)N2CCOCC2)cc1. The zero-order chi connectivity index (χ0) is 19.9. The number of morpholine rings is 1. The first-order valence-electron chi connectivity index (χ1n) is 9.33. The van der Waals surface area contributed by atoms with E-state index in [2.05, 4.69) is 10.5 Å². The monoisotopic (exact) mass is 387 g/mol. The first kappa shape index (κ1) is 19.9. The summed E-state index contributed by atoms with van der Waals surface area (Å²) in [4.78, 5) is 26.0. The highest BCUT2D eigenvalue weighted by Crippen LogP contribution is 2.18. The van der Waals surface area contributed by atoms with Crippen LogP contribution < -0.4 is 10.1 Å². The molecule has 1 fully saturated rings. The molecule has 150 valence electrons. The van der Waals surface area contributed by atoms with E-state index in [0.29, 0.717) is 50.6 Å². The third kappa shape index (κ3) is 5.32. The van der Waals surface area contributed by atoms with Gasteiger partial charge < -0.3 is 24.2 Å². The number of carbonyl (C=O) groups is 2. The van der Waals surface area contributed by atoms with Crippen LogP contribution in [0.15, 0.2) is 28.8 Å². The summed E-state index contributed by atoms with van der Waals surface area (Å²) < 4.78 is 15.9. The number of nitrogens with one attached hydrogen (secondary N) is 1. The second-order valence-corrected chi connectivity index (χ2v) is 6.66. The van der Waals surface area contributed by atoms with Crippen molar-refractivity contribution in [2.24, 2.45) is 0 Å². The highest BCUT2D eigenvalue weighted by molar-refractivity contribution is 5.90. The van der Waals surface area contributed by atoms with Crippen LogP contribution in [0, 0.1) is 13.8 Å². The third-order valence-corrected chi connectivity index (χ3v) is 4.65. The molecule has 8 heteroatoms. The fourth-order valence-electron chi connectivity index (χ4n) is 3.00. The number of nitrogens with zero attached hydrogens (tertiary/aromatic N) is 2. The van der Waals surface area contributed by atoms with Crippen molar-refractivity contribution in [3.05, 3.63) is 41.3 Å². The highest BCUT2D eigenvalue weighted by atomic mass is 16.5. The summed E-state index contributed by atoms with van der Waals surface area (Å²) in [7, 11) is 0. The molecule has 2 heterocycles. The summed E-state index contributed by atoms with van der Waals surface area (Å²) in [5, 5.41) is 6.75. The molecule has 0 spiro atoms. The Morgan fingerprint density at radius 2 is 1.89 bits per heavy atom. The maximum absolute atomic E-state index is 12.2. The van der Waals surface area contributed by atoms with Gasteiger partial charge >= 0.3 is 0 Å². The molecular formula is C20H25N3O5. The Balaban J connectivity index is 1.43.